The van der Waals surface area contributed by atoms with Crippen LogP contribution in [0.25, 0.3) is 0 Å². The van der Waals surface area contributed by atoms with Gasteiger partial charge in [0.1, 0.15) is 23.1 Å². The van der Waals surface area contributed by atoms with Crippen molar-refractivity contribution in [3.63, 3.8) is 0 Å². The van der Waals surface area contributed by atoms with Crippen molar-refractivity contribution in [3.05, 3.63) is 47.7 Å². The molecule has 0 radical (unpaired) electrons. The van der Waals surface area contributed by atoms with E-state index in [4.69, 9.17) is 15.2 Å². The minimum absolute atomic E-state index is 0.0512. The molecule has 0 spiro atoms. The predicted octanol–water partition coefficient (Wildman–Crippen LogP) is 1.56. The Morgan fingerprint density at radius 1 is 1.21 bits per heavy atom. The highest BCUT2D eigenvalue weighted by atomic mass is 32.2. The van der Waals surface area contributed by atoms with Crippen LogP contribution < -0.4 is 20.1 Å². The van der Waals surface area contributed by atoms with Crippen LogP contribution >= 0.6 is 0 Å². The van der Waals surface area contributed by atoms with Crippen LogP contribution in [-0.2, 0) is 15.9 Å². The number of pyridine rings is 1. The van der Waals surface area contributed by atoms with Gasteiger partial charge < -0.3 is 25.0 Å². The summed E-state index contributed by atoms with van der Waals surface area (Å²) >= 11 is -1.57. The lowest BCUT2D eigenvalue weighted by molar-refractivity contribution is 0.0299. The molecule has 4 heterocycles. The molecule has 0 saturated carbocycles. The number of amides is 1. The number of aromatic nitrogens is 1. The van der Waals surface area contributed by atoms with Crippen LogP contribution in [0.4, 0.5) is 11.5 Å². The molecule has 3 aliphatic heterocycles. The van der Waals surface area contributed by atoms with Gasteiger partial charge in [-0.3, -0.25) is 9.52 Å². The topological polar surface area (TPSA) is 122 Å². The first-order chi connectivity index (χ1) is 16.6. The first-order valence-electron chi connectivity index (χ1n) is 11.5. The zero-order chi connectivity index (χ0) is 23.5. The third-order valence-electron chi connectivity index (χ3n) is 6.23. The van der Waals surface area contributed by atoms with E-state index in [-0.39, 0.29) is 17.7 Å². The second-order valence-corrected chi connectivity index (χ2v) is 9.44. The van der Waals surface area contributed by atoms with Crippen LogP contribution in [0, 0.1) is 5.92 Å². The number of fused-ring (bicyclic) bond motifs is 1. The summed E-state index contributed by atoms with van der Waals surface area (Å²) in [5, 5.41) is 0. The average molecular weight is 485 g/mol. The highest BCUT2D eigenvalue weighted by Crippen LogP contribution is 2.31. The molecule has 0 bridgehead atoms. The van der Waals surface area contributed by atoms with Crippen molar-refractivity contribution in [1.29, 1.82) is 0 Å². The van der Waals surface area contributed by atoms with Gasteiger partial charge in [-0.05, 0) is 37.1 Å². The van der Waals surface area contributed by atoms with Crippen LogP contribution in [-0.4, -0.2) is 71.8 Å². The Morgan fingerprint density at radius 2 is 2.03 bits per heavy atom. The molecule has 2 fully saturated rings. The average Bonchev–Trinajstić information content (AvgIpc) is 2.87. The molecule has 11 heteroatoms. The van der Waals surface area contributed by atoms with Crippen LogP contribution in [0.5, 0.6) is 5.75 Å². The maximum absolute atomic E-state index is 12.8. The fraction of sp³-hybridized carbons (Fsp3) is 0.435. The zero-order valence-corrected chi connectivity index (χ0v) is 19.6. The van der Waals surface area contributed by atoms with E-state index in [1.54, 1.807) is 17.0 Å². The lowest BCUT2D eigenvalue weighted by Crippen LogP contribution is -2.41. The number of ether oxygens (including phenoxy) is 2. The van der Waals surface area contributed by atoms with E-state index >= 15 is 0 Å². The number of benzene rings is 1. The molecule has 1 amide bonds. The Hall–Kier alpha value is -3.18. The third-order valence-corrected chi connectivity index (χ3v) is 6.99. The first-order valence-corrected chi connectivity index (χ1v) is 12.6. The van der Waals surface area contributed by atoms with E-state index < -0.39 is 11.2 Å². The van der Waals surface area contributed by atoms with Crippen molar-refractivity contribution in [2.45, 2.75) is 12.8 Å². The van der Waals surface area contributed by atoms with Gasteiger partial charge in [-0.1, -0.05) is 12.1 Å². The molecule has 0 aliphatic carbocycles. The number of carbonyl (C=O) groups excluding carboxylic acids is 1. The number of nitrogens with two attached hydrogens (primary N) is 1. The van der Waals surface area contributed by atoms with Crippen LogP contribution in [0.1, 0.15) is 28.9 Å². The molecule has 2 saturated heterocycles. The van der Waals surface area contributed by atoms with Gasteiger partial charge in [-0.25, -0.2) is 9.19 Å². The summed E-state index contributed by atoms with van der Waals surface area (Å²) in [5.41, 5.74) is 7.78. The zero-order valence-electron chi connectivity index (χ0n) is 18.8. The standard InChI is InChI=1S/C23H28N6O4S/c24-22-21-17(26-34(31)27-22)5-1-7-19(21)33-15-16-4-3-9-29(14-16)20-8-2-6-18(25-20)23(30)28-10-12-32-13-11-28/h1-2,5-8,16,26H,3-4,9-15H2,(H2,24,27). The lowest BCUT2D eigenvalue weighted by Gasteiger charge is -2.34. The molecule has 34 heavy (non-hydrogen) atoms. The Balaban J connectivity index is 1.24. The molecule has 2 aromatic rings. The van der Waals surface area contributed by atoms with Crippen molar-refractivity contribution < 1.29 is 18.5 Å². The summed E-state index contributed by atoms with van der Waals surface area (Å²) in [6, 6.07) is 11.1. The second kappa shape index (κ2) is 9.98. The van der Waals surface area contributed by atoms with Crippen molar-refractivity contribution in [2.75, 3.05) is 55.6 Å². The van der Waals surface area contributed by atoms with Crippen LogP contribution in [0.2, 0.25) is 0 Å². The summed E-state index contributed by atoms with van der Waals surface area (Å²) in [4.78, 5) is 21.5. The number of carbonyl (C=O) groups is 1. The minimum Gasteiger partial charge on any atom is -0.492 e. The van der Waals surface area contributed by atoms with Crippen molar-refractivity contribution in [1.82, 2.24) is 9.88 Å². The van der Waals surface area contributed by atoms with Gasteiger partial charge in [0.05, 0.1) is 31.1 Å². The van der Waals surface area contributed by atoms with Gasteiger partial charge in [-0.15, -0.1) is 0 Å². The Bertz CT molecular complexity index is 1120. The maximum atomic E-state index is 12.8. The molecule has 2 atom stereocenters. The number of piperidine rings is 1. The highest BCUT2D eigenvalue weighted by Gasteiger charge is 2.25. The number of rotatable bonds is 5. The molecule has 5 rings (SSSR count). The fourth-order valence-corrected chi connectivity index (χ4v) is 5.19. The molecule has 2 unspecified atom stereocenters. The van der Waals surface area contributed by atoms with E-state index in [1.807, 2.05) is 24.3 Å². The van der Waals surface area contributed by atoms with Gasteiger partial charge >= 0.3 is 0 Å². The van der Waals surface area contributed by atoms with E-state index in [2.05, 4.69) is 19.0 Å². The number of nitrogens with zero attached hydrogens (tertiary/aromatic N) is 4. The normalized spacial score (nSPS) is 22.4. The molecule has 1 aromatic carbocycles. The van der Waals surface area contributed by atoms with Crippen LogP contribution in [0.3, 0.4) is 0 Å². The van der Waals surface area contributed by atoms with Gasteiger partial charge in [0, 0.05) is 32.1 Å². The molecular weight excluding hydrogens is 456 g/mol. The molecule has 3 N–H and O–H groups in total. The number of morpholine rings is 1. The molecule has 10 nitrogen and oxygen atoms in total. The summed E-state index contributed by atoms with van der Waals surface area (Å²) in [6.45, 7) is 4.49. The summed E-state index contributed by atoms with van der Waals surface area (Å²) in [7, 11) is 0. The molecule has 180 valence electrons. The van der Waals surface area contributed by atoms with Gasteiger partial charge in [0.15, 0.2) is 0 Å². The maximum Gasteiger partial charge on any atom is 0.272 e. The van der Waals surface area contributed by atoms with Crippen molar-refractivity contribution >= 4 is 34.4 Å². The monoisotopic (exact) mass is 484 g/mol. The quantitative estimate of drug-likeness (QED) is 0.660. The smallest absolute Gasteiger partial charge is 0.272 e. The van der Waals surface area contributed by atoms with Gasteiger partial charge in [-0.2, -0.15) is 4.40 Å². The summed E-state index contributed by atoms with van der Waals surface area (Å²) in [5.74, 6) is 1.87. The highest BCUT2D eigenvalue weighted by molar-refractivity contribution is 7.85. The molecule has 3 aliphatic rings. The third kappa shape index (κ3) is 4.85. The van der Waals surface area contributed by atoms with Gasteiger partial charge in [0.25, 0.3) is 5.91 Å². The summed E-state index contributed by atoms with van der Waals surface area (Å²) < 4.78 is 29.9. The van der Waals surface area contributed by atoms with E-state index in [9.17, 15) is 9.00 Å². The summed E-state index contributed by atoms with van der Waals surface area (Å²) in [6.07, 6.45) is 2.04. The largest absolute Gasteiger partial charge is 0.492 e. The van der Waals surface area contributed by atoms with E-state index in [0.29, 0.717) is 55.6 Å². The molecular formula is C23H28N6O4S. The van der Waals surface area contributed by atoms with Crippen molar-refractivity contribution in [2.24, 2.45) is 16.0 Å². The van der Waals surface area contributed by atoms with Gasteiger partial charge in [0.2, 0.25) is 11.2 Å². The Morgan fingerprint density at radius 3 is 2.88 bits per heavy atom. The Kier molecular flexibility index (Phi) is 6.63. The predicted molar refractivity (Wildman–Crippen MR) is 130 cm³/mol. The first kappa shape index (κ1) is 22.6. The lowest BCUT2D eigenvalue weighted by atomic mass is 9.99. The van der Waals surface area contributed by atoms with Crippen molar-refractivity contribution in [3.8, 4) is 5.75 Å². The Labute approximate surface area is 200 Å². The fourth-order valence-electron chi connectivity index (χ4n) is 4.52. The van der Waals surface area contributed by atoms with Crippen LogP contribution in [0.15, 0.2) is 40.8 Å². The number of amidine groups is 1. The minimum atomic E-state index is -1.57. The molecule has 1 aromatic heterocycles. The number of hydrogen-bond acceptors (Lipinski definition) is 7. The van der Waals surface area contributed by atoms with E-state index in [1.165, 1.54) is 0 Å². The number of hydrogen-bond donors (Lipinski definition) is 2. The number of nitrogens with one attached hydrogen (secondary N) is 1. The number of anilines is 2. The van der Waals surface area contributed by atoms with E-state index in [0.717, 1.165) is 31.7 Å². The SMILES string of the molecule is NC1=NS(=O)Nc2cccc(OCC3CCCN(c4cccc(C(=O)N5CCOCC5)n4)C3)c21. The second-order valence-electron chi connectivity index (χ2n) is 8.56.